The molecule has 3 rings (SSSR count). The van der Waals surface area contributed by atoms with Crippen LogP contribution in [0.25, 0.3) is 0 Å². The highest BCUT2D eigenvalue weighted by molar-refractivity contribution is 5.96. The topological polar surface area (TPSA) is 73.7 Å². The van der Waals surface area contributed by atoms with E-state index in [1.165, 1.54) is 0 Å². The highest BCUT2D eigenvalue weighted by Crippen LogP contribution is 2.42. The van der Waals surface area contributed by atoms with E-state index in [2.05, 4.69) is 4.98 Å². The first-order valence-electron chi connectivity index (χ1n) is 7.18. The van der Waals surface area contributed by atoms with Crippen molar-refractivity contribution < 1.29 is 14.7 Å². The second-order valence-electron chi connectivity index (χ2n) is 5.99. The van der Waals surface area contributed by atoms with Crippen molar-refractivity contribution in [3.8, 4) is 0 Å². The summed E-state index contributed by atoms with van der Waals surface area (Å²) in [5.41, 5.74) is 0.580. The van der Waals surface area contributed by atoms with Crippen LogP contribution in [0.3, 0.4) is 0 Å². The average Bonchev–Trinajstić information content (AvgIpc) is 3.04. The van der Waals surface area contributed by atoms with Crippen molar-refractivity contribution in [3.63, 3.8) is 0 Å². The van der Waals surface area contributed by atoms with Gasteiger partial charge in [0.15, 0.2) is 0 Å². The van der Waals surface area contributed by atoms with E-state index in [1.54, 1.807) is 23.2 Å². The van der Waals surface area contributed by atoms with Crippen LogP contribution in [0.2, 0.25) is 0 Å². The molecule has 2 saturated heterocycles. The van der Waals surface area contributed by atoms with Gasteiger partial charge in [0.2, 0.25) is 0 Å². The molecule has 0 saturated carbocycles. The summed E-state index contributed by atoms with van der Waals surface area (Å²) in [4.78, 5) is 31.9. The zero-order chi connectivity index (χ0) is 15.1. The fourth-order valence-electron chi connectivity index (χ4n) is 3.52. The minimum absolute atomic E-state index is 0.0690. The minimum Gasteiger partial charge on any atom is -0.481 e. The van der Waals surface area contributed by atoms with Gasteiger partial charge in [0.1, 0.15) is 5.82 Å². The monoisotopic (exact) mass is 289 g/mol. The molecule has 3 unspecified atom stereocenters. The van der Waals surface area contributed by atoms with Crippen molar-refractivity contribution in [2.24, 2.45) is 5.92 Å². The van der Waals surface area contributed by atoms with Gasteiger partial charge in [-0.2, -0.15) is 0 Å². The van der Waals surface area contributed by atoms with Crippen LogP contribution in [-0.4, -0.2) is 53.0 Å². The van der Waals surface area contributed by atoms with Crippen molar-refractivity contribution >= 4 is 17.7 Å². The summed E-state index contributed by atoms with van der Waals surface area (Å²) in [7, 11) is 3.74. The zero-order valence-corrected chi connectivity index (χ0v) is 12.2. The maximum Gasteiger partial charge on any atom is 0.308 e. The Balaban J connectivity index is 1.86. The Morgan fingerprint density at radius 1 is 1.38 bits per heavy atom. The summed E-state index contributed by atoms with van der Waals surface area (Å²) in [6.07, 6.45) is 3.90. The van der Waals surface area contributed by atoms with Crippen molar-refractivity contribution in [3.05, 3.63) is 23.9 Å². The number of carbonyl (C=O) groups excluding carboxylic acids is 1. The summed E-state index contributed by atoms with van der Waals surface area (Å²) in [5.74, 6) is -0.550. The molecule has 0 spiro atoms. The van der Waals surface area contributed by atoms with Gasteiger partial charge in [0, 0.05) is 37.9 Å². The number of hydrogen-bond acceptors (Lipinski definition) is 4. The van der Waals surface area contributed by atoms with Crippen molar-refractivity contribution in [2.75, 3.05) is 19.0 Å². The average molecular weight is 289 g/mol. The van der Waals surface area contributed by atoms with E-state index < -0.39 is 11.9 Å². The maximum atomic E-state index is 12.7. The molecule has 1 amide bonds. The van der Waals surface area contributed by atoms with Crippen LogP contribution in [0.15, 0.2) is 18.3 Å². The minimum atomic E-state index is -0.788. The lowest BCUT2D eigenvalue weighted by Crippen LogP contribution is -2.38. The number of aliphatic carboxylic acids is 1. The molecule has 0 aliphatic carbocycles. The molecule has 112 valence electrons. The largest absolute Gasteiger partial charge is 0.481 e. The van der Waals surface area contributed by atoms with Gasteiger partial charge in [0.05, 0.1) is 5.92 Å². The zero-order valence-electron chi connectivity index (χ0n) is 12.2. The third kappa shape index (κ3) is 2.24. The molecule has 3 heterocycles. The smallest absolute Gasteiger partial charge is 0.308 e. The first kappa shape index (κ1) is 13.9. The number of hydrogen-bond donors (Lipinski definition) is 1. The maximum absolute atomic E-state index is 12.7. The first-order valence-corrected chi connectivity index (χ1v) is 7.18. The number of nitrogens with zero attached hydrogens (tertiary/aromatic N) is 3. The predicted octanol–water partition coefficient (Wildman–Crippen LogP) is 1.23. The molecule has 0 radical (unpaired) electrons. The highest BCUT2D eigenvalue weighted by atomic mass is 16.4. The second kappa shape index (κ2) is 5.02. The molecule has 1 N–H and O–H groups in total. The first-order chi connectivity index (χ1) is 9.99. The fraction of sp³-hybridized carbons (Fsp3) is 0.533. The van der Waals surface area contributed by atoms with E-state index in [4.69, 9.17) is 0 Å². The number of carboxylic acid groups (broad SMARTS) is 1. The SMILES string of the molecule is CN(C)c1cc(C(=O)N2C3CCC2C(C(=O)O)C3)ccn1. The third-order valence-corrected chi connectivity index (χ3v) is 4.54. The quantitative estimate of drug-likeness (QED) is 0.906. The number of pyridine rings is 1. The summed E-state index contributed by atoms with van der Waals surface area (Å²) in [5, 5.41) is 9.27. The Morgan fingerprint density at radius 3 is 2.76 bits per heavy atom. The number of aromatic nitrogens is 1. The molecular formula is C15H19N3O3. The van der Waals surface area contributed by atoms with Crippen LogP contribution in [0.1, 0.15) is 29.6 Å². The van der Waals surface area contributed by atoms with Gasteiger partial charge in [-0.1, -0.05) is 0 Å². The van der Waals surface area contributed by atoms with Crippen LogP contribution in [0.5, 0.6) is 0 Å². The van der Waals surface area contributed by atoms with E-state index in [0.717, 1.165) is 18.7 Å². The van der Waals surface area contributed by atoms with Crippen LogP contribution in [0, 0.1) is 5.92 Å². The van der Waals surface area contributed by atoms with E-state index in [1.807, 2.05) is 19.0 Å². The molecule has 6 nitrogen and oxygen atoms in total. The fourth-order valence-corrected chi connectivity index (χ4v) is 3.52. The number of carboxylic acids is 1. The van der Waals surface area contributed by atoms with Gasteiger partial charge in [-0.15, -0.1) is 0 Å². The van der Waals surface area contributed by atoms with Gasteiger partial charge in [-0.05, 0) is 31.4 Å². The van der Waals surface area contributed by atoms with Gasteiger partial charge >= 0.3 is 5.97 Å². The number of amides is 1. The molecule has 2 aliphatic rings. The second-order valence-corrected chi connectivity index (χ2v) is 5.99. The molecule has 0 aromatic carbocycles. The molecule has 3 atom stereocenters. The molecular weight excluding hydrogens is 270 g/mol. The van der Waals surface area contributed by atoms with Crippen molar-refractivity contribution in [1.82, 2.24) is 9.88 Å². The molecule has 1 aromatic heterocycles. The highest BCUT2D eigenvalue weighted by Gasteiger charge is 2.51. The molecule has 2 fully saturated rings. The van der Waals surface area contributed by atoms with Gasteiger partial charge < -0.3 is 14.9 Å². The normalized spacial score (nSPS) is 27.0. The third-order valence-electron chi connectivity index (χ3n) is 4.54. The number of anilines is 1. The molecule has 2 aliphatic heterocycles. The number of rotatable bonds is 3. The van der Waals surface area contributed by atoms with Crippen LogP contribution < -0.4 is 4.90 Å². The van der Waals surface area contributed by atoms with E-state index in [9.17, 15) is 14.7 Å². The van der Waals surface area contributed by atoms with E-state index in [0.29, 0.717) is 12.0 Å². The number of carbonyl (C=O) groups is 2. The van der Waals surface area contributed by atoms with Crippen molar-refractivity contribution in [2.45, 2.75) is 31.3 Å². The molecule has 21 heavy (non-hydrogen) atoms. The Morgan fingerprint density at radius 2 is 2.14 bits per heavy atom. The van der Waals surface area contributed by atoms with Crippen molar-refractivity contribution in [1.29, 1.82) is 0 Å². The molecule has 2 bridgehead atoms. The Kier molecular flexibility index (Phi) is 3.31. The lowest BCUT2D eigenvalue weighted by Gasteiger charge is -2.23. The lowest BCUT2D eigenvalue weighted by atomic mass is 9.89. The predicted molar refractivity (Wildman–Crippen MR) is 77.3 cm³/mol. The Bertz CT molecular complexity index is 587. The van der Waals surface area contributed by atoms with Crippen LogP contribution >= 0.6 is 0 Å². The van der Waals surface area contributed by atoms with Gasteiger partial charge in [-0.3, -0.25) is 9.59 Å². The summed E-state index contributed by atoms with van der Waals surface area (Å²) >= 11 is 0. The van der Waals surface area contributed by atoms with Crippen LogP contribution in [-0.2, 0) is 4.79 Å². The standard InChI is InChI=1S/C15H19N3O3/c1-17(2)13-7-9(5-6-16-13)14(19)18-10-3-4-12(18)11(8-10)15(20)21/h5-7,10-12H,3-4,8H2,1-2H3,(H,20,21). The summed E-state index contributed by atoms with van der Waals surface area (Å²) in [6.45, 7) is 0. The summed E-state index contributed by atoms with van der Waals surface area (Å²) < 4.78 is 0. The number of fused-ring (bicyclic) bond motifs is 2. The summed E-state index contributed by atoms with van der Waals surface area (Å²) in [6, 6.07) is 3.37. The Hall–Kier alpha value is -2.11. The van der Waals surface area contributed by atoms with Gasteiger partial charge in [-0.25, -0.2) is 4.98 Å². The Labute approximate surface area is 123 Å². The molecule has 6 heteroatoms. The van der Waals surface area contributed by atoms with E-state index in [-0.39, 0.29) is 18.0 Å². The van der Waals surface area contributed by atoms with Crippen LogP contribution in [0.4, 0.5) is 5.82 Å². The molecule has 1 aromatic rings. The van der Waals surface area contributed by atoms with Gasteiger partial charge in [0.25, 0.3) is 5.91 Å². The lowest BCUT2D eigenvalue weighted by molar-refractivity contribution is -0.142. The van der Waals surface area contributed by atoms with E-state index >= 15 is 0 Å².